The molecule has 1 aromatic rings. The number of nitrogens with zero attached hydrogens (tertiary/aromatic N) is 2. The number of rotatable bonds is 4. The molecule has 17 heavy (non-hydrogen) atoms. The van der Waals surface area contributed by atoms with E-state index in [1.54, 1.807) is 0 Å². The molecule has 1 fully saturated rings. The molecular formula is C11H15N3O3. The molecule has 1 unspecified atom stereocenters. The van der Waals surface area contributed by atoms with Crippen LogP contribution in [0.25, 0.3) is 0 Å². The van der Waals surface area contributed by atoms with E-state index in [0.717, 1.165) is 19.4 Å². The lowest BCUT2D eigenvalue weighted by Crippen LogP contribution is -2.32. The first-order valence-electron chi connectivity index (χ1n) is 5.68. The smallest absolute Gasteiger partial charge is 0.287 e. The number of ketones is 1. The first-order chi connectivity index (χ1) is 8.08. The van der Waals surface area contributed by atoms with E-state index in [0.29, 0.717) is 18.3 Å². The van der Waals surface area contributed by atoms with E-state index in [2.05, 4.69) is 16.8 Å². The second-order valence-corrected chi connectivity index (χ2v) is 4.41. The van der Waals surface area contributed by atoms with Gasteiger partial charge in [-0.1, -0.05) is 0 Å². The third-order valence-corrected chi connectivity index (χ3v) is 3.22. The van der Waals surface area contributed by atoms with Crippen molar-refractivity contribution in [2.24, 2.45) is 0 Å². The largest absolute Gasteiger partial charge is 0.353 e. The van der Waals surface area contributed by atoms with Crippen molar-refractivity contribution < 1.29 is 9.72 Å². The average Bonchev–Trinajstić information content (AvgIpc) is 2.88. The number of hydrogen-bond acceptors (Lipinski definition) is 4. The van der Waals surface area contributed by atoms with Crippen LogP contribution in [-0.4, -0.2) is 39.7 Å². The number of nitrogens with one attached hydrogen (secondary N) is 1. The predicted octanol–water partition coefficient (Wildman–Crippen LogP) is 1.59. The molecule has 0 radical (unpaired) electrons. The fourth-order valence-corrected chi connectivity index (χ4v) is 2.15. The van der Waals surface area contributed by atoms with Crippen LogP contribution in [0.5, 0.6) is 0 Å². The Kier molecular flexibility index (Phi) is 3.23. The fourth-order valence-electron chi connectivity index (χ4n) is 2.15. The summed E-state index contributed by atoms with van der Waals surface area (Å²) in [7, 11) is 0. The Morgan fingerprint density at radius 1 is 1.71 bits per heavy atom. The number of H-pyrrole nitrogens is 1. The predicted molar refractivity (Wildman–Crippen MR) is 62.0 cm³/mol. The molecule has 1 N–H and O–H groups in total. The van der Waals surface area contributed by atoms with Gasteiger partial charge in [0.2, 0.25) is 0 Å². The van der Waals surface area contributed by atoms with Crippen LogP contribution in [-0.2, 0) is 0 Å². The molecule has 0 bridgehead atoms. The van der Waals surface area contributed by atoms with E-state index in [1.807, 2.05) is 0 Å². The van der Waals surface area contributed by atoms with E-state index in [1.165, 1.54) is 12.3 Å². The van der Waals surface area contributed by atoms with E-state index >= 15 is 0 Å². The summed E-state index contributed by atoms with van der Waals surface area (Å²) in [6.07, 6.45) is 3.47. The topological polar surface area (TPSA) is 79.2 Å². The van der Waals surface area contributed by atoms with Crippen molar-refractivity contribution in [2.75, 3.05) is 13.1 Å². The maximum absolute atomic E-state index is 11.9. The third kappa shape index (κ3) is 2.52. The quantitative estimate of drug-likeness (QED) is 0.490. The van der Waals surface area contributed by atoms with Gasteiger partial charge < -0.3 is 4.98 Å². The Hall–Kier alpha value is -1.69. The summed E-state index contributed by atoms with van der Waals surface area (Å²) < 4.78 is 0. The third-order valence-electron chi connectivity index (χ3n) is 3.22. The number of nitro groups is 1. The molecule has 1 saturated heterocycles. The number of hydrogen-bond donors (Lipinski definition) is 1. The highest BCUT2D eigenvalue weighted by atomic mass is 16.6. The Bertz CT molecular complexity index is 441. The van der Waals surface area contributed by atoms with Gasteiger partial charge in [-0.2, -0.15) is 0 Å². The van der Waals surface area contributed by atoms with Crippen molar-refractivity contribution in [2.45, 2.75) is 25.8 Å². The van der Waals surface area contributed by atoms with Crippen molar-refractivity contribution in [1.82, 2.24) is 9.88 Å². The Balaban J connectivity index is 2.01. The van der Waals surface area contributed by atoms with Crippen LogP contribution in [0.1, 0.15) is 30.3 Å². The van der Waals surface area contributed by atoms with Crippen LogP contribution in [0.3, 0.4) is 0 Å². The average molecular weight is 237 g/mol. The van der Waals surface area contributed by atoms with Gasteiger partial charge >= 0.3 is 0 Å². The van der Waals surface area contributed by atoms with Crippen molar-refractivity contribution >= 4 is 11.5 Å². The first kappa shape index (κ1) is 11.8. The lowest BCUT2D eigenvalue weighted by molar-refractivity contribution is -0.384. The maximum atomic E-state index is 11.9. The molecule has 6 heteroatoms. The molecule has 0 aromatic carbocycles. The second-order valence-electron chi connectivity index (χ2n) is 4.41. The minimum Gasteiger partial charge on any atom is -0.353 e. The minimum atomic E-state index is -0.508. The molecule has 2 heterocycles. The number of aromatic amines is 1. The summed E-state index contributed by atoms with van der Waals surface area (Å²) in [4.78, 5) is 26.6. The van der Waals surface area contributed by atoms with Crippen LogP contribution in [0.4, 0.5) is 5.69 Å². The Morgan fingerprint density at radius 2 is 2.47 bits per heavy atom. The SMILES string of the molecule is CC1CCCN1CC(=O)c1cc([N+](=O)[O-])c[nH]1. The van der Waals surface area contributed by atoms with Crippen LogP contribution in [0.15, 0.2) is 12.3 Å². The monoisotopic (exact) mass is 237 g/mol. The summed E-state index contributed by atoms with van der Waals surface area (Å²) in [6, 6.07) is 1.71. The molecule has 6 nitrogen and oxygen atoms in total. The summed E-state index contributed by atoms with van der Waals surface area (Å²) >= 11 is 0. The Morgan fingerprint density at radius 3 is 3.00 bits per heavy atom. The van der Waals surface area contributed by atoms with Crippen LogP contribution in [0, 0.1) is 10.1 Å². The van der Waals surface area contributed by atoms with Crippen LogP contribution in [0.2, 0.25) is 0 Å². The van der Waals surface area contributed by atoms with E-state index < -0.39 is 4.92 Å². The molecule has 92 valence electrons. The van der Waals surface area contributed by atoms with E-state index in [4.69, 9.17) is 0 Å². The second kappa shape index (κ2) is 4.67. The molecule has 1 atom stereocenters. The molecule has 1 aliphatic rings. The zero-order valence-electron chi connectivity index (χ0n) is 9.68. The van der Waals surface area contributed by atoms with E-state index in [-0.39, 0.29) is 11.5 Å². The number of Topliss-reactive ketones (excluding diaryl/α,β-unsaturated/α-hetero) is 1. The summed E-state index contributed by atoms with van der Waals surface area (Å²) in [6.45, 7) is 3.35. The molecule has 0 spiro atoms. The van der Waals surface area contributed by atoms with Gasteiger partial charge in [0.15, 0.2) is 5.78 Å². The molecule has 1 aromatic heterocycles. The molecule has 0 amide bonds. The summed E-state index contributed by atoms with van der Waals surface area (Å²) in [5.74, 6) is -0.0909. The van der Waals surface area contributed by atoms with Gasteiger partial charge in [0, 0.05) is 12.1 Å². The number of carbonyl (C=O) groups is 1. The van der Waals surface area contributed by atoms with Crippen molar-refractivity contribution in [3.63, 3.8) is 0 Å². The lowest BCUT2D eigenvalue weighted by atomic mass is 10.2. The van der Waals surface area contributed by atoms with Gasteiger partial charge in [0.1, 0.15) is 0 Å². The van der Waals surface area contributed by atoms with E-state index in [9.17, 15) is 14.9 Å². The Labute approximate surface area is 98.8 Å². The van der Waals surface area contributed by atoms with Crippen molar-refractivity contribution in [3.05, 3.63) is 28.1 Å². The van der Waals surface area contributed by atoms with Gasteiger partial charge in [-0.15, -0.1) is 0 Å². The fraction of sp³-hybridized carbons (Fsp3) is 0.545. The number of aromatic nitrogens is 1. The molecule has 1 aliphatic heterocycles. The van der Waals surface area contributed by atoms with Crippen molar-refractivity contribution in [1.29, 1.82) is 0 Å². The van der Waals surface area contributed by atoms with Gasteiger partial charge in [-0.3, -0.25) is 19.8 Å². The maximum Gasteiger partial charge on any atom is 0.287 e. The normalized spacial score (nSPS) is 20.6. The number of carbonyl (C=O) groups excluding carboxylic acids is 1. The summed E-state index contributed by atoms with van der Waals surface area (Å²) in [5.41, 5.74) is 0.249. The highest BCUT2D eigenvalue weighted by Crippen LogP contribution is 2.18. The molecule has 2 rings (SSSR count). The highest BCUT2D eigenvalue weighted by molar-refractivity contribution is 5.96. The van der Waals surface area contributed by atoms with Crippen LogP contribution < -0.4 is 0 Å². The van der Waals surface area contributed by atoms with Gasteiger partial charge in [-0.25, -0.2) is 0 Å². The van der Waals surface area contributed by atoms with Gasteiger partial charge in [0.25, 0.3) is 5.69 Å². The summed E-state index contributed by atoms with van der Waals surface area (Å²) in [5, 5.41) is 10.5. The molecular weight excluding hydrogens is 222 g/mol. The molecule has 0 saturated carbocycles. The van der Waals surface area contributed by atoms with Gasteiger partial charge in [-0.05, 0) is 26.3 Å². The lowest BCUT2D eigenvalue weighted by Gasteiger charge is -2.19. The zero-order chi connectivity index (χ0) is 12.4. The zero-order valence-corrected chi connectivity index (χ0v) is 9.68. The van der Waals surface area contributed by atoms with Gasteiger partial charge in [0.05, 0.1) is 23.4 Å². The number of likely N-dealkylation sites (tertiary alicyclic amines) is 1. The molecule has 0 aliphatic carbocycles. The minimum absolute atomic E-state index is 0.0668. The first-order valence-corrected chi connectivity index (χ1v) is 5.68. The van der Waals surface area contributed by atoms with Crippen molar-refractivity contribution in [3.8, 4) is 0 Å². The standard InChI is InChI=1S/C11H15N3O3/c1-8-3-2-4-13(8)7-11(15)10-5-9(6-12-10)14(16)17/h5-6,8,12H,2-4,7H2,1H3. The highest BCUT2D eigenvalue weighted by Gasteiger charge is 2.24. The van der Waals surface area contributed by atoms with Crippen LogP contribution >= 0.6 is 0 Å².